The van der Waals surface area contributed by atoms with E-state index in [0.717, 1.165) is 24.3 Å². The topological polar surface area (TPSA) is 318 Å². The van der Waals surface area contributed by atoms with E-state index in [1.165, 1.54) is 18.2 Å². The van der Waals surface area contributed by atoms with Gasteiger partial charge >= 0.3 is 0 Å². The third-order valence-electron chi connectivity index (χ3n) is 7.99. The molecule has 0 spiro atoms. The number of hydrogen-bond donors (Lipinski definition) is 5. The first-order valence-electron chi connectivity index (χ1n) is 15.3. The van der Waals surface area contributed by atoms with Crippen molar-refractivity contribution in [2.24, 2.45) is 20.5 Å². The Morgan fingerprint density at radius 2 is 1.02 bits per heavy atom. The van der Waals surface area contributed by atoms with Crippen LogP contribution in [0.2, 0.25) is 10.6 Å². The van der Waals surface area contributed by atoms with Crippen LogP contribution in [0.1, 0.15) is 11.1 Å². The monoisotopic (exact) mass is 896 g/mol. The predicted molar refractivity (Wildman–Crippen MR) is 205 cm³/mol. The van der Waals surface area contributed by atoms with E-state index >= 15 is 0 Å². The number of aryl methyl sites for hydroxylation is 2. The van der Waals surface area contributed by atoms with Gasteiger partial charge in [0.05, 0.1) is 26.9 Å². The number of hydrogen-bond acceptors (Lipinski definition) is 16. The van der Waals surface area contributed by atoms with Crippen molar-refractivity contribution in [3.8, 4) is 0 Å². The van der Waals surface area contributed by atoms with Crippen LogP contribution in [0.25, 0.3) is 21.5 Å². The van der Waals surface area contributed by atoms with Gasteiger partial charge in [0.1, 0.15) is 15.5 Å². The van der Waals surface area contributed by atoms with Gasteiger partial charge in [-0.1, -0.05) is 12.1 Å². The molecule has 0 fully saturated rings. The summed E-state index contributed by atoms with van der Waals surface area (Å²) in [5.41, 5.74) is 1.30. The minimum absolute atomic E-state index is 0.0248. The molecule has 5 aromatic carbocycles. The van der Waals surface area contributed by atoms with E-state index in [4.69, 9.17) is 23.2 Å². The molecule has 1 aromatic heterocycles. The van der Waals surface area contributed by atoms with Crippen LogP contribution in [0.15, 0.2) is 107 Å². The van der Waals surface area contributed by atoms with E-state index in [0.29, 0.717) is 34.6 Å². The third-order valence-corrected chi connectivity index (χ3v) is 11.8. The first-order chi connectivity index (χ1) is 26.4. The summed E-state index contributed by atoms with van der Waals surface area (Å²) in [5, 5.41) is 18.3. The first-order valence-corrected chi connectivity index (χ1v) is 21.8. The lowest BCUT2D eigenvalue weighted by Gasteiger charge is -2.12. The van der Waals surface area contributed by atoms with Crippen LogP contribution in [0.4, 0.5) is 34.4 Å². The molecule has 26 heteroatoms. The van der Waals surface area contributed by atoms with Crippen LogP contribution in [0.3, 0.4) is 0 Å². The van der Waals surface area contributed by atoms with Crippen molar-refractivity contribution in [3.05, 3.63) is 88.4 Å². The Labute approximate surface area is 332 Å². The lowest BCUT2D eigenvalue weighted by molar-refractivity contribution is 0.479. The van der Waals surface area contributed by atoms with E-state index < -0.39 is 76.5 Å². The molecule has 0 saturated heterocycles. The Bertz CT molecular complexity index is 3200. The standard InChI is InChI=1S/C31H22Cl2N8O12S4/c1-14-10-25(15(2)9-24(14)34-31-36-29(32)35-30(33)37-31)40-38-23-8-7-22(18-5-3-16(11-20(18)23)54(42,43)44)39-41-28-21-12-17(55(45,46)47)4-6-19(21)26(56(48,49)50)13-27(28)57(51,52)53/h3-13H,1-2H3,(H,42,43,44)(H,45,46,47)(H,48,49,50)(H,51,52,53)(H,34,35,36,37)/b40-38+,41-39+. The van der Waals surface area contributed by atoms with Crippen molar-refractivity contribution >= 4 is 120 Å². The van der Waals surface area contributed by atoms with Gasteiger partial charge in [0, 0.05) is 27.2 Å². The molecule has 6 rings (SSSR count). The van der Waals surface area contributed by atoms with Crippen LogP contribution < -0.4 is 5.32 Å². The molecule has 57 heavy (non-hydrogen) atoms. The number of azo groups is 2. The van der Waals surface area contributed by atoms with E-state index in [9.17, 15) is 51.9 Å². The number of anilines is 2. The Morgan fingerprint density at radius 3 is 1.58 bits per heavy atom. The molecule has 0 amide bonds. The predicted octanol–water partition coefficient (Wildman–Crippen LogP) is 7.66. The second-order valence-corrected chi connectivity index (χ2v) is 18.1. The lowest BCUT2D eigenvalue weighted by atomic mass is 10.1. The fraction of sp³-hybridized carbons (Fsp3) is 0.0645. The summed E-state index contributed by atoms with van der Waals surface area (Å²) in [7, 11) is -20.3. The van der Waals surface area contributed by atoms with Gasteiger partial charge in [-0.15, -0.1) is 15.3 Å². The number of aromatic nitrogens is 3. The van der Waals surface area contributed by atoms with Gasteiger partial charge in [0.15, 0.2) is 0 Å². The molecule has 20 nitrogen and oxygen atoms in total. The molecule has 0 radical (unpaired) electrons. The maximum atomic E-state index is 12.5. The van der Waals surface area contributed by atoms with Gasteiger partial charge in [0.2, 0.25) is 16.5 Å². The average Bonchev–Trinajstić information content (AvgIpc) is 3.08. The van der Waals surface area contributed by atoms with E-state index in [1.807, 2.05) is 0 Å². The summed E-state index contributed by atoms with van der Waals surface area (Å²) in [4.78, 5) is 7.96. The Kier molecular flexibility index (Phi) is 10.9. The smallest absolute Gasteiger partial charge is 0.296 e. The number of nitrogens with one attached hydrogen (secondary N) is 1. The van der Waals surface area contributed by atoms with E-state index in [2.05, 4.69) is 40.7 Å². The summed E-state index contributed by atoms with van der Waals surface area (Å²) in [5.74, 6) is 0.0793. The zero-order chi connectivity index (χ0) is 41.8. The van der Waals surface area contributed by atoms with E-state index in [-0.39, 0.29) is 38.7 Å². The molecule has 6 aromatic rings. The molecule has 0 saturated carbocycles. The number of nitrogens with zero attached hydrogens (tertiary/aromatic N) is 7. The zero-order valence-corrected chi connectivity index (χ0v) is 33.2. The van der Waals surface area contributed by atoms with Gasteiger partial charge in [0.25, 0.3) is 40.5 Å². The lowest BCUT2D eigenvalue weighted by Crippen LogP contribution is -2.06. The molecule has 296 valence electrons. The molecule has 0 aliphatic heterocycles. The molecule has 5 N–H and O–H groups in total. The zero-order valence-electron chi connectivity index (χ0n) is 28.4. The molecule has 0 aliphatic carbocycles. The van der Waals surface area contributed by atoms with Crippen LogP contribution in [-0.4, -0.2) is 66.8 Å². The van der Waals surface area contributed by atoms with Gasteiger partial charge in [-0.05, 0) is 103 Å². The Balaban J connectivity index is 1.50. The van der Waals surface area contributed by atoms with Crippen molar-refractivity contribution in [3.63, 3.8) is 0 Å². The van der Waals surface area contributed by atoms with Crippen LogP contribution in [-0.2, 0) is 40.5 Å². The summed E-state index contributed by atoms with van der Waals surface area (Å²) in [6, 6.07) is 11.9. The van der Waals surface area contributed by atoms with Crippen LogP contribution in [0, 0.1) is 13.8 Å². The molecule has 0 unspecified atom stereocenters. The fourth-order valence-corrected chi connectivity index (χ4v) is 8.23. The van der Waals surface area contributed by atoms with Gasteiger partial charge < -0.3 is 5.32 Å². The highest BCUT2D eigenvalue weighted by Gasteiger charge is 2.27. The summed E-state index contributed by atoms with van der Waals surface area (Å²) < 4.78 is 137. The SMILES string of the molecule is Cc1cc(Nc2nc(Cl)nc(Cl)n2)c(C)cc1/N=N/c1ccc(/N=N/c2c(S(=O)(=O)O)cc(S(=O)(=O)O)c3ccc(S(=O)(=O)O)cc23)c2ccc(S(=O)(=O)O)cc12. The maximum Gasteiger partial charge on any atom is 0.296 e. The minimum Gasteiger partial charge on any atom is -0.324 e. The molecule has 0 bridgehead atoms. The maximum absolute atomic E-state index is 12.5. The van der Waals surface area contributed by atoms with Gasteiger partial charge in [-0.3, -0.25) is 18.2 Å². The third kappa shape index (κ3) is 9.04. The number of fused-ring (bicyclic) bond motifs is 2. The molecule has 1 heterocycles. The van der Waals surface area contributed by atoms with Crippen molar-refractivity contribution in [2.45, 2.75) is 33.4 Å². The summed E-state index contributed by atoms with van der Waals surface area (Å²) in [6.45, 7) is 3.46. The molecule has 0 aliphatic rings. The molecular weight excluding hydrogens is 876 g/mol. The van der Waals surface area contributed by atoms with Crippen molar-refractivity contribution < 1.29 is 51.9 Å². The van der Waals surface area contributed by atoms with Crippen LogP contribution in [0.5, 0.6) is 0 Å². The number of halogens is 2. The number of rotatable bonds is 10. The van der Waals surface area contributed by atoms with Crippen molar-refractivity contribution in [2.75, 3.05) is 5.32 Å². The fourth-order valence-electron chi connectivity index (χ4n) is 5.39. The van der Waals surface area contributed by atoms with E-state index in [1.54, 1.807) is 26.0 Å². The van der Waals surface area contributed by atoms with Crippen molar-refractivity contribution in [1.82, 2.24) is 15.0 Å². The summed E-state index contributed by atoms with van der Waals surface area (Å²) in [6.07, 6.45) is 0. The Morgan fingerprint density at radius 1 is 0.509 bits per heavy atom. The average molecular weight is 898 g/mol. The quantitative estimate of drug-likeness (QED) is 0.0650. The second kappa shape index (κ2) is 15.0. The first kappa shape index (κ1) is 41.5. The summed E-state index contributed by atoms with van der Waals surface area (Å²) >= 11 is 11.7. The highest BCUT2D eigenvalue weighted by Crippen LogP contribution is 2.42. The second-order valence-electron chi connectivity index (χ2n) is 11.8. The molecular formula is C31H22Cl2N8O12S4. The largest absolute Gasteiger partial charge is 0.324 e. The highest BCUT2D eigenvalue weighted by molar-refractivity contribution is 7.87. The van der Waals surface area contributed by atoms with Gasteiger partial charge in [-0.25, -0.2) is 0 Å². The van der Waals surface area contributed by atoms with Gasteiger partial charge in [-0.2, -0.15) is 53.7 Å². The van der Waals surface area contributed by atoms with Crippen molar-refractivity contribution in [1.29, 1.82) is 0 Å². The van der Waals surface area contributed by atoms with Crippen LogP contribution >= 0.6 is 23.2 Å². The highest BCUT2D eigenvalue weighted by atomic mass is 35.5. The Hall–Kier alpha value is -5.15. The molecule has 0 atom stereocenters. The minimum atomic E-state index is -5.38. The number of benzene rings is 5. The normalized spacial score (nSPS) is 13.0.